The van der Waals surface area contributed by atoms with Crippen LogP contribution >= 0.6 is 0 Å². The first-order valence-corrected chi connectivity index (χ1v) is 22.0. The van der Waals surface area contributed by atoms with Crippen LogP contribution in [0, 0.1) is 29.6 Å². The maximum absolute atomic E-state index is 6.72. The summed E-state index contributed by atoms with van der Waals surface area (Å²) in [5.74, 6) is 2.05. The van der Waals surface area contributed by atoms with Gasteiger partial charge in [0.05, 0.1) is 0 Å². The molecule has 0 radical (unpaired) electrons. The fraction of sp³-hybridized carbons (Fsp3) is 0.241. The molecule has 3 heterocycles. The molecule has 0 unspecified atom stereocenters. The van der Waals surface area contributed by atoms with Gasteiger partial charge < -0.3 is 19.1 Å². The average Bonchev–Trinajstić information content (AvgIpc) is 3.86. The van der Waals surface area contributed by atoms with E-state index in [1.807, 2.05) is 18.3 Å². The molecule has 9 rings (SSSR count). The van der Waals surface area contributed by atoms with Crippen molar-refractivity contribution in [1.29, 1.82) is 0 Å². The molecule has 8 aromatic rings. The molecule has 0 saturated heterocycles. The van der Waals surface area contributed by atoms with Gasteiger partial charge in [0, 0.05) is 83.0 Å². The standard InChI is InChI=1S/C58H57N4O.Pt/c1-55(2,3)53-54(56(4,5)6)61(39-60(53)44-26-19-25-42(35-44)57(7,8)40-21-13-11-14-22-40)45-27-20-28-46(37-45)63-47-31-32-49-48-29-17-18-30-50(48)62(51(49)38-47)52-36-43(33-34-59-52)58(9,10)41-23-15-12-16-24-41;/h11-36,39H,1-10H3;/q-3;. The normalized spacial score (nSPS) is 13.8. The summed E-state index contributed by atoms with van der Waals surface area (Å²) >= 11 is 0. The van der Waals surface area contributed by atoms with E-state index >= 15 is 0 Å². The smallest absolute Gasteiger partial charge is 0.135 e. The minimum Gasteiger partial charge on any atom is -0.509 e. The van der Waals surface area contributed by atoms with Gasteiger partial charge in [0.15, 0.2) is 0 Å². The van der Waals surface area contributed by atoms with Gasteiger partial charge in [0.2, 0.25) is 0 Å². The van der Waals surface area contributed by atoms with Crippen LogP contribution in [0.1, 0.15) is 91.5 Å². The summed E-state index contributed by atoms with van der Waals surface area (Å²) in [4.78, 5) is 9.64. The first-order chi connectivity index (χ1) is 30.0. The summed E-state index contributed by atoms with van der Waals surface area (Å²) in [6.45, 7) is 25.2. The molecular weight excluding hydrogens is 964 g/mol. The number of aromatic nitrogens is 2. The second kappa shape index (κ2) is 16.9. The molecular formula is C58H57N4OPt-3. The molecule has 0 atom stereocenters. The van der Waals surface area contributed by atoms with Gasteiger partial charge in [0.1, 0.15) is 5.82 Å². The maximum atomic E-state index is 6.72. The number of pyridine rings is 1. The summed E-state index contributed by atoms with van der Waals surface area (Å²) < 4.78 is 8.92. The number of rotatable bonds is 9. The Balaban J connectivity index is 0.00000560. The molecule has 0 fully saturated rings. The Morgan fingerprint density at radius 2 is 1.06 bits per heavy atom. The third-order valence-electron chi connectivity index (χ3n) is 12.7. The number of benzene rings is 6. The minimum atomic E-state index is -0.223. The van der Waals surface area contributed by atoms with Crippen LogP contribution < -0.4 is 14.5 Å². The molecule has 1 aliphatic rings. The van der Waals surface area contributed by atoms with Crippen LogP contribution in [-0.4, -0.2) is 9.55 Å². The molecule has 5 nitrogen and oxygen atoms in total. The van der Waals surface area contributed by atoms with Crippen molar-refractivity contribution >= 4 is 33.2 Å². The van der Waals surface area contributed by atoms with Crippen molar-refractivity contribution in [2.24, 2.45) is 10.8 Å². The van der Waals surface area contributed by atoms with Crippen molar-refractivity contribution in [3.05, 3.63) is 210 Å². The fourth-order valence-corrected chi connectivity index (χ4v) is 9.21. The van der Waals surface area contributed by atoms with E-state index < -0.39 is 0 Å². The minimum absolute atomic E-state index is 0. The molecule has 6 heteroatoms. The van der Waals surface area contributed by atoms with Gasteiger partial charge in [-0.05, 0) is 58.0 Å². The molecule has 1 aliphatic heterocycles. The Kier molecular flexibility index (Phi) is 11.8. The number of nitrogens with zero attached hydrogens (tertiary/aromatic N) is 4. The molecule has 2 aromatic heterocycles. The molecule has 0 amide bonds. The summed E-state index contributed by atoms with van der Waals surface area (Å²) in [7, 11) is 0. The number of ether oxygens (including phenoxy) is 1. The van der Waals surface area contributed by atoms with Gasteiger partial charge >= 0.3 is 0 Å². The number of fused-ring (bicyclic) bond motifs is 3. The topological polar surface area (TPSA) is 33.5 Å². The second-order valence-corrected chi connectivity index (χ2v) is 19.9. The van der Waals surface area contributed by atoms with Crippen molar-refractivity contribution in [3.63, 3.8) is 0 Å². The van der Waals surface area contributed by atoms with Crippen LogP contribution in [-0.2, 0) is 31.9 Å². The fourth-order valence-electron chi connectivity index (χ4n) is 9.21. The zero-order valence-corrected chi connectivity index (χ0v) is 40.9. The van der Waals surface area contributed by atoms with Gasteiger partial charge in [-0.25, -0.2) is 4.98 Å². The maximum Gasteiger partial charge on any atom is 0.135 e. The summed E-state index contributed by atoms with van der Waals surface area (Å²) in [5.41, 5.74) is 10.7. The first-order valence-electron chi connectivity index (χ1n) is 22.0. The van der Waals surface area contributed by atoms with Crippen LogP contribution in [0.2, 0.25) is 0 Å². The van der Waals surface area contributed by atoms with Gasteiger partial charge in [-0.3, -0.25) is 0 Å². The predicted molar refractivity (Wildman–Crippen MR) is 262 cm³/mol. The Bertz CT molecular complexity index is 2990. The zero-order chi connectivity index (χ0) is 44.3. The molecule has 0 bridgehead atoms. The van der Waals surface area contributed by atoms with Gasteiger partial charge in [-0.15, -0.1) is 48.1 Å². The van der Waals surface area contributed by atoms with E-state index in [2.05, 4.69) is 242 Å². The Morgan fingerprint density at radius 3 is 1.72 bits per heavy atom. The molecule has 328 valence electrons. The predicted octanol–water partition coefficient (Wildman–Crippen LogP) is 15.0. The van der Waals surface area contributed by atoms with Crippen molar-refractivity contribution in [2.45, 2.75) is 80.1 Å². The van der Waals surface area contributed by atoms with E-state index in [1.165, 1.54) is 33.6 Å². The third kappa shape index (κ3) is 8.20. The molecule has 0 N–H and O–H groups in total. The van der Waals surface area contributed by atoms with Crippen molar-refractivity contribution in [2.75, 3.05) is 9.80 Å². The van der Waals surface area contributed by atoms with Crippen LogP contribution in [0.5, 0.6) is 11.5 Å². The van der Waals surface area contributed by atoms with E-state index in [1.54, 1.807) is 0 Å². The van der Waals surface area contributed by atoms with E-state index in [-0.39, 0.29) is 42.7 Å². The third-order valence-corrected chi connectivity index (χ3v) is 12.7. The largest absolute Gasteiger partial charge is 0.509 e. The van der Waals surface area contributed by atoms with E-state index in [4.69, 9.17) is 9.72 Å². The summed E-state index contributed by atoms with van der Waals surface area (Å²) in [6, 6.07) is 60.9. The number of anilines is 2. The Labute approximate surface area is 394 Å². The Morgan fingerprint density at radius 1 is 0.500 bits per heavy atom. The van der Waals surface area contributed by atoms with Crippen LogP contribution in [0.3, 0.4) is 0 Å². The van der Waals surface area contributed by atoms with E-state index in [0.717, 1.165) is 39.0 Å². The van der Waals surface area contributed by atoms with E-state index in [0.29, 0.717) is 11.5 Å². The van der Waals surface area contributed by atoms with Crippen LogP contribution in [0.25, 0.3) is 27.6 Å². The van der Waals surface area contributed by atoms with Gasteiger partial charge in [0.25, 0.3) is 0 Å². The molecule has 6 aromatic carbocycles. The second-order valence-electron chi connectivity index (χ2n) is 19.9. The number of hydrogen-bond acceptors (Lipinski definition) is 4. The Hall–Kier alpha value is -5.90. The molecule has 64 heavy (non-hydrogen) atoms. The van der Waals surface area contributed by atoms with Gasteiger partial charge in [-0.1, -0.05) is 166 Å². The summed E-state index contributed by atoms with van der Waals surface area (Å²) in [6.07, 6.45) is 1.92. The number of allylic oxidation sites excluding steroid dienone is 2. The van der Waals surface area contributed by atoms with Crippen LogP contribution in [0.4, 0.5) is 11.4 Å². The molecule has 0 aliphatic carbocycles. The number of para-hydroxylation sites is 1. The summed E-state index contributed by atoms with van der Waals surface area (Å²) in [5, 5.41) is 2.22. The molecule has 0 spiro atoms. The average molecular weight is 1020 g/mol. The first kappa shape index (κ1) is 44.7. The van der Waals surface area contributed by atoms with Crippen molar-refractivity contribution in [3.8, 4) is 17.3 Å². The van der Waals surface area contributed by atoms with Crippen molar-refractivity contribution < 1.29 is 25.8 Å². The number of hydrogen-bond donors (Lipinski definition) is 0. The van der Waals surface area contributed by atoms with Gasteiger partial charge in [-0.2, -0.15) is 12.1 Å². The van der Waals surface area contributed by atoms with E-state index in [9.17, 15) is 0 Å². The zero-order valence-electron chi connectivity index (χ0n) is 38.6. The quantitative estimate of drug-likeness (QED) is 0.135. The SMILES string of the molecule is CC(C)(C)C1=C(C(C)(C)C)N(c2cccc(C(C)(C)c3ccccc3)c2)[CH-]N1c1[c-]c(Oc2[c-]c3c(cc2)c2ccccc2n3-c2cc(C(C)(C)c3ccccc3)ccn2)ccc1.[Pt]. The van der Waals surface area contributed by atoms with Crippen LogP contribution in [0.15, 0.2) is 169 Å². The monoisotopic (exact) mass is 1020 g/mol. The van der Waals surface area contributed by atoms with Crippen molar-refractivity contribution in [1.82, 2.24) is 9.55 Å². The molecule has 0 saturated carbocycles.